The van der Waals surface area contributed by atoms with Crippen LogP contribution in [0, 0.1) is 0 Å². The standard InChI is InChI=1S/C16H30N2O6/c1-9-15(19)11(17)7-13(23-9)21-5-3-4-6-22-14-8-12(18)16(20)10(2)24-14/h3-4,9-16,19-20H,5-8,17-18H2,1-2H3/b4-3+/t9-,10-,11-,12-,13+,14+,15+,16+/m0/s1. The van der Waals surface area contributed by atoms with E-state index in [0.29, 0.717) is 26.1 Å². The van der Waals surface area contributed by atoms with Crippen LogP contribution in [0.25, 0.3) is 0 Å². The first-order chi connectivity index (χ1) is 11.4. The zero-order chi connectivity index (χ0) is 17.7. The van der Waals surface area contributed by atoms with Crippen molar-refractivity contribution >= 4 is 0 Å². The van der Waals surface area contributed by atoms with E-state index in [1.807, 2.05) is 12.2 Å². The van der Waals surface area contributed by atoms with Crippen molar-refractivity contribution in [1.82, 2.24) is 0 Å². The Balaban J connectivity index is 1.60. The van der Waals surface area contributed by atoms with Gasteiger partial charge in [-0.05, 0) is 13.8 Å². The first-order valence-electron chi connectivity index (χ1n) is 8.45. The minimum absolute atomic E-state index is 0.337. The van der Waals surface area contributed by atoms with E-state index in [-0.39, 0.29) is 24.3 Å². The summed E-state index contributed by atoms with van der Waals surface area (Å²) in [5, 5.41) is 19.4. The molecule has 24 heavy (non-hydrogen) atoms. The topological polar surface area (TPSA) is 129 Å². The van der Waals surface area contributed by atoms with Gasteiger partial charge in [-0.2, -0.15) is 0 Å². The third kappa shape index (κ3) is 5.47. The quantitative estimate of drug-likeness (QED) is 0.461. The largest absolute Gasteiger partial charge is 0.389 e. The van der Waals surface area contributed by atoms with E-state index < -0.39 is 24.8 Å². The van der Waals surface area contributed by atoms with Crippen LogP contribution in [0.4, 0.5) is 0 Å². The van der Waals surface area contributed by atoms with Gasteiger partial charge >= 0.3 is 0 Å². The summed E-state index contributed by atoms with van der Waals surface area (Å²) in [7, 11) is 0. The molecule has 2 fully saturated rings. The third-order valence-electron chi connectivity index (χ3n) is 4.42. The Morgan fingerprint density at radius 3 is 1.58 bits per heavy atom. The second kappa shape index (κ2) is 9.21. The molecule has 0 aliphatic carbocycles. The second-order valence-corrected chi connectivity index (χ2v) is 6.46. The zero-order valence-electron chi connectivity index (χ0n) is 14.3. The van der Waals surface area contributed by atoms with E-state index in [0.717, 1.165) is 0 Å². The van der Waals surface area contributed by atoms with E-state index >= 15 is 0 Å². The summed E-state index contributed by atoms with van der Waals surface area (Å²) in [4.78, 5) is 0. The highest BCUT2D eigenvalue weighted by Crippen LogP contribution is 2.20. The Bertz CT molecular complexity index is 350. The van der Waals surface area contributed by atoms with Crippen LogP contribution >= 0.6 is 0 Å². The maximum absolute atomic E-state index is 9.71. The number of rotatable bonds is 6. The maximum atomic E-state index is 9.71. The van der Waals surface area contributed by atoms with Crippen LogP contribution in [0.15, 0.2) is 12.2 Å². The fourth-order valence-corrected chi connectivity index (χ4v) is 2.85. The SMILES string of the molecule is C[C@@H]1O[C@@H](OC/C=C/CO[C@H]2C[C@H](N)[C@H](O)[C@H](C)O2)C[C@H](N)[C@@H]1O. The molecule has 6 N–H and O–H groups in total. The number of ether oxygens (including phenoxy) is 4. The van der Waals surface area contributed by atoms with Gasteiger partial charge in [0.2, 0.25) is 0 Å². The molecule has 2 rings (SSSR count). The van der Waals surface area contributed by atoms with Crippen LogP contribution in [0.5, 0.6) is 0 Å². The minimum atomic E-state index is -0.656. The fourth-order valence-electron chi connectivity index (χ4n) is 2.85. The lowest BCUT2D eigenvalue weighted by Crippen LogP contribution is -2.51. The molecular weight excluding hydrogens is 316 g/mol. The molecule has 8 heteroatoms. The normalized spacial score (nSPS) is 44.1. The molecule has 2 aliphatic rings. The van der Waals surface area contributed by atoms with Crippen molar-refractivity contribution in [3.8, 4) is 0 Å². The highest BCUT2D eigenvalue weighted by atomic mass is 16.7. The predicted molar refractivity (Wildman–Crippen MR) is 86.9 cm³/mol. The molecular formula is C16H30N2O6. The molecule has 0 amide bonds. The van der Waals surface area contributed by atoms with E-state index in [9.17, 15) is 10.2 Å². The van der Waals surface area contributed by atoms with Crippen LogP contribution in [0.3, 0.4) is 0 Å². The fraction of sp³-hybridized carbons (Fsp3) is 0.875. The summed E-state index contributed by atoms with van der Waals surface area (Å²) in [5.74, 6) is 0. The lowest BCUT2D eigenvalue weighted by atomic mass is 10.0. The van der Waals surface area contributed by atoms with Crippen molar-refractivity contribution < 1.29 is 29.2 Å². The van der Waals surface area contributed by atoms with E-state index in [1.54, 1.807) is 13.8 Å². The summed E-state index contributed by atoms with van der Waals surface area (Å²) in [6.07, 6.45) is 1.77. The minimum Gasteiger partial charge on any atom is -0.389 e. The van der Waals surface area contributed by atoms with Crippen molar-refractivity contribution in [3.05, 3.63) is 12.2 Å². The molecule has 8 atom stereocenters. The molecule has 0 aromatic rings. The maximum Gasteiger partial charge on any atom is 0.160 e. The molecule has 0 unspecified atom stereocenters. The molecule has 2 saturated heterocycles. The summed E-state index contributed by atoms with van der Waals surface area (Å²) in [6.45, 7) is 4.28. The van der Waals surface area contributed by atoms with E-state index in [2.05, 4.69) is 0 Å². The van der Waals surface area contributed by atoms with Gasteiger partial charge in [0.15, 0.2) is 12.6 Å². The van der Waals surface area contributed by atoms with Crippen molar-refractivity contribution in [2.45, 2.75) is 75.8 Å². The number of hydrogen-bond donors (Lipinski definition) is 4. The second-order valence-electron chi connectivity index (χ2n) is 6.46. The Hall–Kier alpha value is -0.580. The van der Waals surface area contributed by atoms with Crippen LogP contribution in [-0.2, 0) is 18.9 Å². The van der Waals surface area contributed by atoms with Gasteiger partial charge in [0.1, 0.15) is 0 Å². The Kier molecular flexibility index (Phi) is 7.58. The summed E-state index contributed by atoms with van der Waals surface area (Å²) >= 11 is 0. The van der Waals surface area contributed by atoms with Crippen molar-refractivity contribution in [2.75, 3.05) is 13.2 Å². The van der Waals surface area contributed by atoms with Gasteiger partial charge in [-0.25, -0.2) is 0 Å². The van der Waals surface area contributed by atoms with Crippen LogP contribution in [0.1, 0.15) is 26.7 Å². The van der Waals surface area contributed by atoms with Crippen LogP contribution < -0.4 is 11.5 Å². The van der Waals surface area contributed by atoms with Gasteiger partial charge in [0.05, 0.1) is 37.6 Å². The number of aliphatic hydroxyl groups is 2. The van der Waals surface area contributed by atoms with E-state index in [1.165, 1.54) is 0 Å². The van der Waals surface area contributed by atoms with Crippen molar-refractivity contribution in [2.24, 2.45) is 11.5 Å². The first kappa shape index (κ1) is 19.7. The van der Waals surface area contributed by atoms with Gasteiger partial charge in [-0.3, -0.25) is 0 Å². The lowest BCUT2D eigenvalue weighted by molar-refractivity contribution is -0.219. The monoisotopic (exact) mass is 346 g/mol. The zero-order valence-corrected chi connectivity index (χ0v) is 14.3. The Morgan fingerprint density at radius 2 is 1.25 bits per heavy atom. The highest BCUT2D eigenvalue weighted by molar-refractivity contribution is 4.86. The smallest absolute Gasteiger partial charge is 0.160 e. The van der Waals surface area contributed by atoms with Crippen LogP contribution in [0.2, 0.25) is 0 Å². The molecule has 8 nitrogen and oxygen atoms in total. The number of hydrogen-bond acceptors (Lipinski definition) is 8. The lowest BCUT2D eigenvalue weighted by Gasteiger charge is -2.35. The molecule has 2 heterocycles. The van der Waals surface area contributed by atoms with Crippen molar-refractivity contribution in [1.29, 1.82) is 0 Å². The highest BCUT2D eigenvalue weighted by Gasteiger charge is 2.34. The third-order valence-corrected chi connectivity index (χ3v) is 4.42. The Morgan fingerprint density at radius 1 is 0.875 bits per heavy atom. The molecule has 0 spiro atoms. The average molecular weight is 346 g/mol. The predicted octanol–water partition coefficient (Wildman–Crippen LogP) is -0.778. The number of aliphatic hydroxyl groups excluding tert-OH is 2. The van der Waals surface area contributed by atoms with Gasteiger partial charge in [-0.1, -0.05) is 12.2 Å². The summed E-state index contributed by atoms with van der Waals surface area (Å²) < 4.78 is 22.2. The Labute approximate surface area is 142 Å². The first-order valence-corrected chi connectivity index (χ1v) is 8.45. The number of nitrogens with two attached hydrogens (primary N) is 2. The molecule has 0 bridgehead atoms. The molecule has 2 aliphatic heterocycles. The van der Waals surface area contributed by atoms with E-state index in [4.69, 9.17) is 30.4 Å². The van der Waals surface area contributed by atoms with Crippen LogP contribution in [-0.4, -0.2) is 72.5 Å². The van der Waals surface area contributed by atoms with Gasteiger partial charge in [0, 0.05) is 24.9 Å². The molecule has 0 radical (unpaired) electrons. The van der Waals surface area contributed by atoms with Gasteiger partial charge < -0.3 is 40.6 Å². The van der Waals surface area contributed by atoms with Crippen molar-refractivity contribution in [3.63, 3.8) is 0 Å². The molecule has 0 aromatic heterocycles. The molecule has 0 saturated carbocycles. The molecule has 140 valence electrons. The summed E-state index contributed by atoms with van der Waals surface area (Å²) in [5.41, 5.74) is 11.7. The average Bonchev–Trinajstić information content (AvgIpc) is 2.53. The molecule has 0 aromatic carbocycles. The van der Waals surface area contributed by atoms with Gasteiger partial charge in [0.25, 0.3) is 0 Å². The summed E-state index contributed by atoms with van der Waals surface area (Å²) in [6, 6.07) is -0.674. The van der Waals surface area contributed by atoms with Gasteiger partial charge in [-0.15, -0.1) is 0 Å².